The van der Waals surface area contributed by atoms with Gasteiger partial charge in [-0.2, -0.15) is 0 Å². The SMILES string of the molecule is CNS(=O)(=O)CCCOC1c2cc(B3OC(C)(C)C(C)(C)O3)ccc2-c2cc3c(cc2C1OCCCN(C)[SH](=O)=O)-c1ccc(B2OC(C)(C)C(C)(C)O2)cc1C3(C)C. The van der Waals surface area contributed by atoms with Crippen molar-refractivity contribution in [2.24, 2.45) is 0 Å². The normalized spacial score (nSPS) is 23.1. The summed E-state index contributed by atoms with van der Waals surface area (Å²) in [7, 11) is -4.34. The molecule has 0 saturated carbocycles. The van der Waals surface area contributed by atoms with E-state index in [0.717, 1.165) is 44.3 Å². The number of thiol groups is 1. The van der Waals surface area contributed by atoms with E-state index in [-0.39, 0.29) is 30.8 Å². The van der Waals surface area contributed by atoms with Crippen LogP contribution in [0.5, 0.6) is 0 Å². The zero-order chi connectivity index (χ0) is 43.1. The monoisotopic (exact) mass is 850 g/mol. The Balaban J connectivity index is 1.33. The van der Waals surface area contributed by atoms with Crippen molar-refractivity contribution in [1.29, 1.82) is 0 Å². The third kappa shape index (κ3) is 8.12. The predicted octanol–water partition coefficient (Wildman–Crippen LogP) is 5.17. The van der Waals surface area contributed by atoms with Crippen LogP contribution in [0.25, 0.3) is 22.3 Å². The Morgan fingerprint density at radius 3 is 1.66 bits per heavy atom. The first-order chi connectivity index (χ1) is 27.4. The summed E-state index contributed by atoms with van der Waals surface area (Å²) in [5.41, 5.74) is 7.74. The van der Waals surface area contributed by atoms with Crippen molar-refractivity contribution >= 4 is 46.1 Å². The summed E-state index contributed by atoms with van der Waals surface area (Å²) < 4.78 is 91.2. The molecular formula is C43H60B2N2O10S2. The maximum Gasteiger partial charge on any atom is 0.494 e. The van der Waals surface area contributed by atoms with E-state index in [1.165, 1.54) is 22.5 Å². The first-order valence-corrected chi connectivity index (χ1v) is 23.4. The molecule has 1 N–H and O–H groups in total. The van der Waals surface area contributed by atoms with Crippen LogP contribution in [0, 0.1) is 0 Å². The first-order valence-electron chi connectivity index (χ1n) is 20.6. The molecule has 16 heteroatoms. The van der Waals surface area contributed by atoms with Gasteiger partial charge in [-0.1, -0.05) is 50.2 Å². The van der Waals surface area contributed by atoms with Crippen molar-refractivity contribution in [2.75, 3.05) is 39.6 Å². The number of ether oxygens (including phenoxy) is 2. The number of benzene rings is 3. The number of nitrogens with zero attached hydrogens (tertiary/aromatic N) is 1. The molecule has 7 rings (SSSR count). The minimum Gasteiger partial charge on any atom is -0.399 e. The molecule has 0 spiro atoms. The van der Waals surface area contributed by atoms with Crippen LogP contribution in [0.2, 0.25) is 0 Å². The van der Waals surface area contributed by atoms with E-state index in [1.54, 1.807) is 7.05 Å². The summed E-state index contributed by atoms with van der Waals surface area (Å²) in [6.45, 7) is 21.5. The maximum atomic E-state index is 12.4. The van der Waals surface area contributed by atoms with Crippen molar-refractivity contribution in [3.05, 3.63) is 70.8 Å². The summed E-state index contributed by atoms with van der Waals surface area (Å²) in [5.74, 6) is -0.0911. The second-order valence-electron chi connectivity index (χ2n) is 18.9. The first kappa shape index (κ1) is 44.4. The van der Waals surface area contributed by atoms with Gasteiger partial charge in [0.1, 0.15) is 12.2 Å². The molecule has 2 unspecified atom stereocenters. The van der Waals surface area contributed by atoms with E-state index in [1.807, 2.05) is 33.8 Å². The van der Waals surface area contributed by atoms with Crippen molar-refractivity contribution < 1.29 is 44.9 Å². The predicted molar refractivity (Wildman–Crippen MR) is 233 cm³/mol. The summed E-state index contributed by atoms with van der Waals surface area (Å²) in [4.78, 5) is 0. The standard InChI is InChI=1S/C43H60B2N2O10S2/c1-39(2)35-24-28(45-56-42(7,8)43(9,10)57-45)16-18-30(35)32-25-34-31(26-36(32)39)29-17-15-27(44-54-40(3,4)41(5,6)55-44)23-33(29)37(53-21-14-22-59(50,51)46-11)38(34)52-20-13-19-47(12)58(48)49/h15-18,23-26,37-38,46,58H,13-14,19-22H2,1-12H3. The lowest BCUT2D eigenvalue weighted by atomic mass is 9.72. The van der Waals surface area contributed by atoms with Gasteiger partial charge in [-0.3, -0.25) is 0 Å². The molecular weight excluding hydrogens is 790 g/mol. The molecule has 2 fully saturated rings. The topological polar surface area (TPSA) is 139 Å². The Labute approximate surface area is 353 Å². The maximum absolute atomic E-state index is 12.4. The third-order valence-corrected chi connectivity index (χ3v) is 15.7. The molecule has 2 atom stereocenters. The molecule has 2 heterocycles. The number of sulfonamides is 1. The van der Waals surface area contributed by atoms with Gasteiger partial charge >= 0.3 is 14.2 Å². The molecule has 3 aromatic rings. The molecule has 320 valence electrons. The highest BCUT2D eigenvalue weighted by atomic mass is 32.2. The van der Waals surface area contributed by atoms with Gasteiger partial charge in [0.25, 0.3) is 0 Å². The number of hydrogen-bond acceptors (Lipinski definition) is 10. The molecule has 0 bridgehead atoms. The minimum atomic E-state index is -3.45. The minimum absolute atomic E-state index is 0.0911. The highest BCUT2D eigenvalue weighted by molar-refractivity contribution is 7.89. The average Bonchev–Trinajstić information content (AvgIpc) is 3.63. The van der Waals surface area contributed by atoms with E-state index in [9.17, 15) is 16.8 Å². The molecule has 0 amide bonds. The van der Waals surface area contributed by atoms with E-state index in [4.69, 9.17) is 28.1 Å². The van der Waals surface area contributed by atoms with Crippen molar-refractivity contribution in [3.63, 3.8) is 0 Å². The molecule has 0 radical (unpaired) electrons. The highest BCUT2D eigenvalue weighted by Gasteiger charge is 2.53. The Morgan fingerprint density at radius 2 is 1.14 bits per heavy atom. The lowest BCUT2D eigenvalue weighted by molar-refractivity contribution is -0.0798. The molecule has 2 saturated heterocycles. The van der Waals surface area contributed by atoms with Gasteiger partial charge in [-0.05, 0) is 143 Å². The fourth-order valence-corrected chi connectivity index (χ4v) is 9.43. The number of rotatable bonds is 14. The molecule has 0 aromatic heterocycles. The van der Waals surface area contributed by atoms with Crippen molar-refractivity contribution in [2.45, 2.75) is 122 Å². The lowest BCUT2D eigenvalue weighted by Gasteiger charge is -2.37. The van der Waals surface area contributed by atoms with Crippen molar-refractivity contribution in [3.8, 4) is 22.3 Å². The van der Waals surface area contributed by atoms with E-state index in [0.29, 0.717) is 13.0 Å². The van der Waals surface area contributed by atoms with Crippen LogP contribution in [-0.4, -0.2) is 97.4 Å². The van der Waals surface area contributed by atoms with Crippen molar-refractivity contribution in [1.82, 2.24) is 9.03 Å². The summed E-state index contributed by atoms with van der Waals surface area (Å²) in [6, 6.07) is 17.2. The van der Waals surface area contributed by atoms with Crippen LogP contribution >= 0.6 is 0 Å². The fraction of sp³-hybridized carbons (Fsp3) is 0.581. The van der Waals surface area contributed by atoms with E-state index >= 15 is 0 Å². The van der Waals surface area contributed by atoms with Crippen LogP contribution < -0.4 is 15.6 Å². The summed E-state index contributed by atoms with van der Waals surface area (Å²) in [5, 5.41) is 0. The van der Waals surface area contributed by atoms with Crippen LogP contribution in [0.3, 0.4) is 0 Å². The Hall–Kier alpha value is -2.63. The molecule has 12 nitrogen and oxygen atoms in total. The van der Waals surface area contributed by atoms with E-state index < -0.39 is 69.8 Å². The van der Waals surface area contributed by atoms with Crippen LogP contribution in [0.15, 0.2) is 48.5 Å². The number of nitrogens with one attached hydrogen (secondary N) is 1. The van der Waals surface area contributed by atoms with Crippen LogP contribution in [-0.2, 0) is 54.4 Å². The van der Waals surface area contributed by atoms with Gasteiger partial charge in [-0.25, -0.2) is 25.9 Å². The second-order valence-corrected chi connectivity index (χ2v) is 22.1. The fourth-order valence-electron chi connectivity index (χ4n) is 8.42. The van der Waals surface area contributed by atoms with E-state index in [2.05, 4.69) is 88.7 Å². The Morgan fingerprint density at radius 1 is 0.661 bits per heavy atom. The molecule has 59 heavy (non-hydrogen) atoms. The molecule has 2 aliphatic carbocycles. The third-order valence-electron chi connectivity index (χ3n) is 13.5. The second kappa shape index (κ2) is 15.6. The highest BCUT2D eigenvalue weighted by Crippen LogP contribution is 2.55. The summed E-state index contributed by atoms with van der Waals surface area (Å²) >= 11 is 0. The van der Waals surface area contributed by atoms with Gasteiger partial charge in [0.05, 0.1) is 28.2 Å². The number of fused-ring (bicyclic) bond motifs is 6. The summed E-state index contributed by atoms with van der Waals surface area (Å²) in [6.07, 6.45) is -0.519. The Kier molecular flexibility index (Phi) is 11.8. The van der Waals surface area contributed by atoms with Gasteiger partial charge in [-0.15, -0.1) is 0 Å². The smallest absolute Gasteiger partial charge is 0.399 e. The molecule has 3 aromatic carbocycles. The van der Waals surface area contributed by atoms with Crippen LogP contribution in [0.1, 0.15) is 117 Å². The van der Waals surface area contributed by atoms with Gasteiger partial charge in [0.2, 0.25) is 20.9 Å². The lowest BCUT2D eigenvalue weighted by Crippen LogP contribution is -2.41. The average molecular weight is 851 g/mol. The molecule has 4 aliphatic rings. The zero-order valence-electron chi connectivity index (χ0n) is 36.6. The zero-order valence-corrected chi connectivity index (χ0v) is 38.3. The van der Waals surface area contributed by atoms with Gasteiger partial charge in [0.15, 0.2) is 0 Å². The quantitative estimate of drug-likeness (QED) is 0.127. The molecule has 2 aliphatic heterocycles. The van der Waals surface area contributed by atoms with Gasteiger partial charge < -0.3 is 28.1 Å². The number of hydrogen-bond donors (Lipinski definition) is 2. The largest absolute Gasteiger partial charge is 0.494 e. The Bertz CT molecular complexity index is 2270. The van der Waals surface area contributed by atoms with Crippen LogP contribution in [0.4, 0.5) is 0 Å². The van der Waals surface area contributed by atoms with Gasteiger partial charge in [0, 0.05) is 32.2 Å².